The van der Waals surface area contributed by atoms with E-state index in [1.165, 1.54) is 3.57 Å². The molecule has 2 rings (SSSR count). The molecule has 0 bridgehead atoms. The van der Waals surface area contributed by atoms with E-state index in [0.717, 1.165) is 41.7 Å². The molecule has 0 saturated carbocycles. The summed E-state index contributed by atoms with van der Waals surface area (Å²) in [5, 5.41) is 13.7. The fraction of sp³-hybridized carbons (Fsp3) is 0.538. The zero-order chi connectivity index (χ0) is 13.1. The molecule has 3 nitrogen and oxygen atoms in total. The normalized spacial score (nSPS) is 18.8. The number of hydrogen-bond acceptors (Lipinski definition) is 3. The highest BCUT2D eigenvalue weighted by Crippen LogP contribution is 2.35. The Balaban J connectivity index is 2.31. The molecule has 1 saturated heterocycles. The van der Waals surface area contributed by atoms with E-state index in [0.29, 0.717) is 11.8 Å². The van der Waals surface area contributed by atoms with Crippen LogP contribution in [0.1, 0.15) is 24.9 Å². The summed E-state index contributed by atoms with van der Waals surface area (Å²) in [6.45, 7) is 6.38. The van der Waals surface area contributed by atoms with Gasteiger partial charge < -0.3 is 10.4 Å². The third-order valence-electron chi connectivity index (χ3n) is 3.40. The number of phenolic OH excluding ortho intramolecular Hbond substituents is 1. The highest BCUT2D eigenvalue weighted by molar-refractivity contribution is 14.1. The van der Waals surface area contributed by atoms with Crippen LogP contribution < -0.4 is 5.32 Å². The zero-order valence-corrected chi connectivity index (χ0v) is 14.7. The molecular formula is C13H18I2N2O. The summed E-state index contributed by atoms with van der Waals surface area (Å²) in [5.41, 5.74) is 1.08. The number of rotatable bonds is 3. The van der Waals surface area contributed by atoms with Crippen LogP contribution in [0.25, 0.3) is 0 Å². The van der Waals surface area contributed by atoms with E-state index in [1.54, 1.807) is 0 Å². The van der Waals surface area contributed by atoms with Crippen LogP contribution in [-0.2, 0) is 0 Å². The van der Waals surface area contributed by atoms with Crippen molar-refractivity contribution >= 4 is 45.2 Å². The first-order valence-corrected chi connectivity index (χ1v) is 8.42. The Bertz CT molecular complexity index is 420. The van der Waals surface area contributed by atoms with E-state index in [-0.39, 0.29) is 0 Å². The van der Waals surface area contributed by atoms with Gasteiger partial charge >= 0.3 is 0 Å². The molecule has 1 aromatic rings. The minimum Gasteiger partial charge on any atom is -0.506 e. The van der Waals surface area contributed by atoms with Gasteiger partial charge in [0.1, 0.15) is 5.75 Å². The van der Waals surface area contributed by atoms with Crippen molar-refractivity contribution in [3.8, 4) is 5.75 Å². The molecule has 0 aliphatic carbocycles. The summed E-state index contributed by atoms with van der Waals surface area (Å²) in [4.78, 5) is 2.47. The van der Waals surface area contributed by atoms with Crippen molar-refractivity contribution in [1.29, 1.82) is 0 Å². The summed E-state index contributed by atoms with van der Waals surface area (Å²) in [6, 6.07) is 4.47. The van der Waals surface area contributed by atoms with Gasteiger partial charge in [0.25, 0.3) is 0 Å². The van der Waals surface area contributed by atoms with Gasteiger partial charge in [0.2, 0.25) is 0 Å². The lowest BCUT2D eigenvalue weighted by molar-refractivity contribution is 0.166. The molecule has 1 atom stereocenters. The van der Waals surface area contributed by atoms with E-state index in [4.69, 9.17) is 0 Å². The Morgan fingerprint density at radius 2 is 2.00 bits per heavy atom. The molecule has 0 radical (unpaired) electrons. The third kappa shape index (κ3) is 3.29. The molecule has 1 aliphatic rings. The highest BCUT2D eigenvalue weighted by Gasteiger charge is 2.24. The second-order valence-electron chi connectivity index (χ2n) is 4.54. The van der Waals surface area contributed by atoms with Crippen LogP contribution in [0.5, 0.6) is 5.75 Å². The van der Waals surface area contributed by atoms with Crippen LogP contribution in [-0.4, -0.2) is 36.2 Å². The van der Waals surface area contributed by atoms with E-state index in [2.05, 4.69) is 68.4 Å². The van der Waals surface area contributed by atoms with Crippen molar-refractivity contribution in [2.45, 2.75) is 19.4 Å². The number of benzene rings is 1. The Hall–Kier alpha value is 0.400. The van der Waals surface area contributed by atoms with Crippen LogP contribution in [0, 0.1) is 7.14 Å². The Morgan fingerprint density at radius 1 is 1.33 bits per heavy atom. The lowest BCUT2D eigenvalue weighted by Gasteiger charge is -2.35. The Morgan fingerprint density at radius 3 is 2.61 bits per heavy atom. The molecule has 18 heavy (non-hydrogen) atoms. The van der Waals surface area contributed by atoms with Gasteiger partial charge in [-0.3, -0.25) is 4.90 Å². The minimum absolute atomic E-state index is 0.329. The van der Waals surface area contributed by atoms with Crippen molar-refractivity contribution in [1.82, 2.24) is 10.2 Å². The van der Waals surface area contributed by atoms with Crippen molar-refractivity contribution < 1.29 is 5.11 Å². The van der Waals surface area contributed by atoms with Gasteiger partial charge in [0.15, 0.2) is 0 Å². The van der Waals surface area contributed by atoms with Gasteiger partial charge in [0, 0.05) is 41.4 Å². The summed E-state index contributed by atoms with van der Waals surface area (Å²) in [6.07, 6.45) is 1.03. The molecule has 5 heteroatoms. The smallest absolute Gasteiger partial charge is 0.133 e. The van der Waals surface area contributed by atoms with Crippen molar-refractivity contribution in [2.75, 3.05) is 26.2 Å². The van der Waals surface area contributed by atoms with Gasteiger partial charge in [-0.05, 0) is 63.7 Å². The van der Waals surface area contributed by atoms with Crippen molar-refractivity contribution in [3.05, 3.63) is 24.8 Å². The molecule has 100 valence electrons. The Labute approximate surface area is 136 Å². The fourth-order valence-electron chi connectivity index (χ4n) is 2.51. The quantitative estimate of drug-likeness (QED) is 0.665. The first-order valence-electron chi connectivity index (χ1n) is 6.26. The lowest BCUT2D eigenvalue weighted by Crippen LogP contribution is -2.45. The molecule has 2 N–H and O–H groups in total. The SMILES string of the molecule is CC[C@@H](c1cc(I)cc(I)c1O)N1CCNCC1. The summed E-state index contributed by atoms with van der Waals surface area (Å²) in [5.74, 6) is 0.460. The average Bonchev–Trinajstić information content (AvgIpc) is 2.37. The maximum Gasteiger partial charge on any atom is 0.133 e. The minimum atomic E-state index is 0.329. The maximum absolute atomic E-state index is 10.3. The van der Waals surface area contributed by atoms with Gasteiger partial charge in [-0.15, -0.1) is 0 Å². The summed E-state index contributed by atoms with van der Waals surface area (Å²) < 4.78 is 2.14. The molecule has 1 aromatic carbocycles. The molecular weight excluding hydrogens is 454 g/mol. The topological polar surface area (TPSA) is 35.5 Å². The summed E-state index contributed by atoms with van der Waals surface area (Å²) >= 11 is 4.53. The van der Waals surface area contributed by atoms with E-state index in [9.17, 15) is 5.11 Å². The monoisotopic (exact) mass is 472 g/mol. The third-order valence-corrected chi connectivity index (χ3v) is 4.84. The van der Waals surface area contributed by atoms with Crippen LogP contribution in [0.15, 0.2) is 12.1 Å². The second-order valence-corrected chi connectivity index (χ2v) is 6.94. The van der Waals surface area contributed by atoms with Crippen LogP contribution in [0.2, 0.25) is 0 Å². The number of halogens is 2. The van der Waals surface area contributed by atoms with Crippen LogP contribution >= 0.6 is 45.2 Å². The highest BCUT2D eigenvalue weighted by atomic mass is 127. The van der Waals surface area contributed by atoms with Gasteiger partial charge in [-0.2, -0.15) is 0 Å². The molecule has 0 amide bonds. The van der Waals surface area contributed by atoms with Crippen molar-refractivity contribution in [3.63, 3.8) is 0 Å². The predicted octanol–water partition coefficient (Wildman–Crippen LogP) is 2.96. The van der Waals surface area contributed by atoms with Crippen molar-refractivity contribution in [2.24, 2.45) is 0 Å². The number of hydrogen-bond donors (Lipinski definition) is 2. The standard InChI is InChI=1S/C13H18I2N2O/c1-2-12(17-5-3-16-4-6-17)10-7-9(14)8-11(15)13(10)18/h7-8,12,16,18H,2-6H2,1H3/t12-/m0/s1. The lowest BCUT2D eigenvalue weighted by atomic mass is 10.0. The number of nitrogens with zero attached hydrogens (tertiary/aromatic N) is 1. The van der Waals surface area contributed by atoms with Crippen LogP contribution in [0.3, 0.4) is 0 Å². The molecule has 1 fully saturated rings. The van der Waals surface area contributed by atoms with Gasteiger partial charge in [-0.25, -0.2) is 0 Å². The first-order chi connectivity index (χ1) is 8.63. The first kappa shape index (κ1) is 14.8. The van der Waals surface area contributed by atoms with Crippen LogP contribution in [0.4, 0.5) is 0 Å². The number of nitrogens with one attached hydrogen (secondary N) is 1. The number of phenols is 1. The summed E-state index contributed by atoms with van der Waals surface area (Å²) in [7, 11) is 0. The molecule has 0 spiro atoms. The Kier molecular flexibility index (Phi) is 5.52. The van der Waals surface area contributed by atoms with E-state index >= 15 is 0 Å². The van der Waals surface area contributed by atoms with Gasteiger partial charge in [0.05, 0.1) is 3.57 Å². The molecule has 0 aromatic heterocycles. The molecule has 1 aliphatic heterocycles. The predicted molar refractivity (Wildman–Crippen MR) is 91.0 cm³/mol. The van der Waals surface area contributed by atoms with Gasteiger partial charge in [-0.1, -0.05) is 6.92 Å². The van der Waals surface area contributed by atoms with E-state index in [1.807, 2.05) is 6.07 Å². The maximum atomic E-state index is 10.3. The second kappa shape index (κ2) is 6.71. The number of piperazine rings is 1. The molecule has 1 heterocycles. The average molecular weight is 472 g/mol. The zero-order valence-electron chi connectivity index (χ0n) is 10.4. The fourth-order valence-corrected chi connectivity index (χ4v) is 4.40. The van der Waals surface area contributed by atoms with E-state index < -0.39 is 0 Å². The molecule has 0 unspecified atom stereocenters. The number of aromatic hydroxyl groups is 1. The largest absolute Gasteiger partial charge is 0.506 e.